The van der Waals surface area contributed by atoms with E-state index in [1.165, 1.54) is 0 Å². The van der Waals surface area contributed by atoms with E-state index in [0.29, 0.717) is 22.3 Å². The van der Waals surface area contributed by atoms with Crippen molar-refractivity contribution in [2.24, 2.45) is 0 Å². The van der Waals surface area contributed by atoms with Crippen molar-refractivity contribution in [1.82, 2.24) is 10.2 Å². The molecule has 0 atom stereocenters. The number of H-pyrrole nitrogens is 1. The third kappa shape index (κ3) is 1.97. The molecule has 2 rings (SSSR count). The first-order chi connectivity index (χ1) is 8.58. The minimum absolute atomic E-state index is 0.405. The molecule has 0 spiro atoms. The lowest BCUT2D eigenvalue weighted by molar-refractivity contribution is 0.402. The maximum absolute atomic E-state index is 6.27. The lowest BCUT2D eigenvalue weighted by Crippen LogP contribution is -1.95. The molecule has 0 saturated carbocycles. The van der Waals surface area contributed by atoms with Crippen LogP contribution < -0.4 is 15.2 Å². The van der Waals surface area contributed by atoms with Crippen molar-refractivity contribution < 1.29 is 9.47 Å². The summed E-state index contributed by atoms with van der Waals surface area (Å²) in [5.41, 5.74) is 7.91. The van der Waals surface area contributed by atoms with Crippen molar-refractivity contribution >= 4 is 17.4 Å². The first-order valence-electron chi connectivity index (χ1n) is 5.30. The Balaban J connectivity index is 2.69. The molecule has 2 aromatic rings. The van der Waals surface area contributed by atoms with E-state index < -0.39 is 0 Å². The Morgan fingerprint density at radius 2 is 2.00 bits per heavy atom. The highest BCUT2D eigenvalue weighted by molar-refractivity contribution is 6.33. The van der Waals surface area contributed by atoms with Crippen molar-refractivity contribution in [3.63, 3.8) is 0 Å². The second-order valence-electron chi connectivity index (χ2n) is 3.81. The van der Waals surface area contributed by atoms with Gasteiger partial charge in [-0.1, -0.05) is 11.6 Å². The number of nitrogens with two attached hydrogens (primary N) is 1. The number of nitrogen functional groups attached to an aromatic ring is 1. The van der Waals surface area contributed by atoms with Crippen LogP contribution in [0.3, 0.4) is 0 Å². The van der Waals surface area contributed by atoms with Crippen LogP contribution in [0.2, 0.25) is 5.02 Å². The molecule has 3 N–H and O–H groups in total. The van der Waals surface area contributed by atoms with Crippen LogP contribution in [0.4, 0.5) is 5.82 Å². The van der Waals surface area contributed by atoms with E-state index in [4.69, 9.17) is 26.8 Å². The predicted molar refractivity (Wildman–Crippen MR) is 71.3 cm³/mol. The number of aromatic amines is 1. The molecule has 0 aliphatic rings. The summed E-state index contributed by atoms with van der Waals surface area (Å²) in [5, 5.41) is 7.23. The van der Waals surface area contributed by atoms with Crippen LogP contribution in [0.25, 0.3) is 11.3 Å². The highest BCUT2D eigenvalue weighted by Crippen LogP contribution is 2.42. The van der Waals surface area contributed by atoms with Gasteiger partial charge in [-0.2, -0.15) is 5.10 Å². The van der Waals surface area contributed by atoms with Gasteiger partial charge in [0.05, 0.1) is 24.9 Å². The summed E-state index contributed by atoms with van der Waals surface area (Å²) in [4.78, 5) is 0. The van der Waals surface area contributed by atoms with Crippen LogP contribution in [0.15, 0.2) is 12.1 Å². The number of aromatic nitrogens is 2. The molecule has 0 unspecified atom stereocenters. The summed E-state index contributed by atoms with van der Waals surface area (Å²) in [7, 11) is 3.16. The smallest absolute Gasteiger partial charge is 0.147 e. The van der Waals surface area contributed by atoms with Gasteiger partial charge in [0.1, 0.15) is 17.3 Å². The van der Waals surface area contributed by atoms with E-state index in [0.717, 1.165) is 16.8 Å². The summed E-state index contributed by atoms with van der Waals surface area (Å²) in [6.07, 6.45) is 0. The monoisotopic (exact) mass is 267 g/mol. The molecule has 6 heteroatoms. The van der Waals surface area contributed by atoms with Gasteiger partial charge in [-0.05, 0) is 13.0 Å². The number of nitrogens with zero attached hydrogens (tertiary/aromatic N) is 1. The molecule has 1 aromatic carbocycles. The van der Waals surface area contributed by atoms with Gasteiger partial charge < -0.3 is 15.2 Å². The molecule has 0 aliphatic heterocycles. The summed E-state index contributed by atoms with van der Waals surface area (Å²) < 4.78 is 10.6. The molecule has 18 heavy (non-hydrogen) atoms. The van der Waals surface area contributed by atoms with Crippen LogP contribution in [0.5, 0.6) is 11.5 Å². The van der Waals surface area contributed by atoms with Gasteiger partial charge in [0.2, 0.25) is 0 Å². The Morgan fingerprint density at radius 1 is 1.28 bits per heavy atom. The summed E-state index contributed by atoms with van der Waals surface area (Å²) in [5.74, 6) is 1.66. The molecule has 0 radical (unpaired) electrons. The zero-order chi connectivity index (χ0) is 13.3. The van der Waals surface area contributed by atoms with E-state index in [1.54, 1.807) is 20.3 Å². The van der Waals surface area contributed by atoms with Crippen LogP contribution in [-0.4, -0.2) is 24.4 Å². The standard InChI is InChI=1S/C12H14ClN3O2/c1-6-9(17-2)4-7(12(18-3)11(6)13)8-5-10(14)16-15-8/h4-5H,1-3H3,(H3,14,15,16). The molecular formula is C12H14ClN3O2. The fourth-order valence-corrected chi connectivity index (χ4v) is 2.06. The molecular weight excluding hydrogens is 254 g/mol. The van der Waals surface area contributed by atoms with Gasteiger partial charge >= 0.3 is 0 Å². The molecule has 0 fully saturated rings. The van der Waals surface area contributed by atoms with Crippen LogP contribution in [-0.2, 0) is 0 Å². The lowest BCUT2D eigenvalue weighted by atomic mass is 10.1. The first-order valence-corrected chi connectivity index (χ1v) is 5.68. The maximum Gasteiger partial charge on any atom is 0.147 e. The van der Waals surface area contributed by atoms with Gasteiger partial charge in [0, 0.05) is 17.2 Å². The van der Waals surface area contributed by atoms with E-state index in [1.807, 2.05) is 13.0 Å². The summed E-state index contributed by atoms with van der Waals surface area (Å²) in [6.45, 7) is 1.87. The lowest BCUT2D eigenvalue weighted by Gasteiger charge is -2.14. The Bertz CT molecular complexity index is 581. The third-order valence-corrected chi connectivity index (χ3v) is 3.19. The topological polar surface area (TPSA) is 73.2 Å². The van der Waals surface area contributed by atoms with Crippen molar-refractivity contribution in [2.45, 2.75) is 6.92 Å². The summed E-state index contributed by atoms with van der Waals surface area (Å²) in [6, 6.07) is 3.55. The minimum atomic E-state index is 0.405. The van der Waals surface area contributed by atoms with Crippen molar-refractivity contribution in [2.75, 3.05) is 20.0 Å². The molecule has 0 bridgehead atoms. The Morgan fingerprint density at radius 3 is 2.50 bits per heavy atom. The van der Waals surface area contributed by atoms with Crippen LogP contribution in [0.1, 0.15) is 5.56 Å². The van der Waals surface area contributed by atoms with E-state index in [2.05, 4.69) is 10.2 Å². The quantitative estimate of drug-likeness (QED) is 0.897. The van der Waals surface area contributed by atoms with Crippen LogP contribution >= 0.6 is 11.6 Å². The van der Waals surface area contributed by atoms with Gasteiger partial charge in [-0.25, -0.2) is 0 Å². The van der Waals surface area contributed by atoms with Crippen molar-refractivity contribution in [3.8, 4) is 22.8 Å². The van der Waals surface area contributed by atoms with Crippen LogP contribution in [0, 0.1) is 6.92 Å². The van der Waals surface area contributed by atoms with E-state index >= 15 is 0 Å². The Hall–Kier alpha value is -1.88. The number of halogens is 1. The van der Waals surface area contributed by atoms with Crippen molar-refractivity contribution in [3.05, 3.63) is 22.7 Å². The number of benzene rings is 1. The molecule has 1 aromatic heterocycles. The largest absolute Gasteiger partial charge is 0.496 e. The van der Waals surface area contributed by atoms with Crippen molar-refractivity contribution in [1.29, 1.82) is 0 Å². The van der Waals surface area contributed by atoms with E-state index in [-0.39, 0.29) is 0 Å². The number of nitrogens with one attached hydrogen (secondary N) is 1. The normalized spacial score (nSPS) is 10.4. The maximum atomic E-state index is 6.27. The number of rotatable bonds is 3. The van der Waals surface area contributed by atoms with Gasteiger partial charge in [-0.3, -0.25) is 5.10 Å². The Labute approximate surface area is 110 Å². The second kappa shape index (κ2) is 4.78. The van der Waals surface area contributed by atoms with E-state index in [9.17, 15) is 0 Å². The molecule has 0 amide bonds. The predicted octanol–water partition coefficient (Wildman–Crippen LogP) is 2.64. The zero-order valence-corrected chi connectivity index (χ0v) is 11.1. The SMILES string of the molecule is COc1cc(-c2cc(N)n[nH]2)c(OC)c(Cl)c1C. The Kier molecular flexibility index (Phi) is 3.34. The fraction of sp³-hybridized carbons (Fsp3) is 0.250. The van der Waals surface area contributed by atoms with Gasteiger partial charge in [0.15, 0.2) is 0 Å². The molecule has 5 nitrogen and oxygen atoms in total. The first kappa shape index (κ1) is 12.6. The fourth-order valence-electron chi connectivity index (χ4n) is 1.79. The molecule has 96 valence electrons. The number of anilines is 1. The minimum Gasteiger partial charge on any atom is -0.496 e. The zero-order valence-electron chi connectivity index (χ0n) is 10.4. The average Bonchev–Trinajstić information content (AvgIpc) is 2.79. The average molecular weight is 268 g/mol. The highest BCUT2D eigenvalue weighted by Gasteiger charge is 2.17. The van der Waals surface area contributed by atoms with Gasteiger partial charge in [-0.15, -0.1) is 0 Å². The summed E-state index contributed by atoms with van der Waals surface area (Å²) >= 11 is 6.27. The number of ether oxygens (including phenoxy) is 2. The molecule has 0 saturated heterocycles. The second-order valence-corrected chi connectivity index (χ2v) is 4.18. The molecule has 1 heterocycles. The number of hydrogen-bond donors (Lipinski definition) is 2. The highest BCUT2D eigenvalue weighted by atomic mass is 35.5. The van der Waals surface area contributed by atoms with Gasteiger partial charge in [0.25, 0.3) is 0 Å². The molecule has 0 aliphatic carbocycles. The number of hydrogen-bond acceptors (Lipinski definition) is 4. The third-order valence-electron chi connectivity index (χ3n) is 2.73. The number of methoxy groups -OCH3 is 2.